The first-order valence-corrected chi connectivity index (χ1v) is 10.2. The molecule has 1 heterocycles. The van der Waals surface area contributed by atoms with Crippen LogP contribution in [-0.4, -0.2) is 29.7 Å². The van der Waals surface area contributed by atoms with E-state index in [1.54, 1.807) is 0 Å². The molecule has 0 fully saturated rings. The lowest BCUT2D eigenvalue weighted by molar-refractivity contribution is -0.141. The highest BCUT2D eigenvalue weighted by Gasteiger charge is 2.34. The van der Waals surface area contributed by atoms with E-state index in [9.17, 15) is 31.4 Å². The summed E-state index contributed by atoms with van der Waals surface area (Å²) < 4.78 is 78.8. The number of aromatic nitrogens is 1. The molecule has 33 heavy (non-hydrogen) atoms. The maximum absolute atomic E-state index is 13.5. The van der Waals surface area contributed by atoms with Crippen LogP contribution >= 0.6 is 0 Å². The van der Waals surface area contributed by atoms with Crippen LogP contribution in [0, 0.1) is 5.92 Å². The highest BCUT2D eigenvalue weighted by Crippen LogP contribution is 2.36. The van der Waals surface area contributed by atoms with Crippen molar-refractivity contribution in [1.82, 2.24) is 10.3 Å². The van der Waals surface area contributed by atoms with E-state index in [2.05, 4.69) is 10.3 Å². The van der Waals surface area contributed by atoms with Crippen LogP contribution in [0.1, 0.15) is 29.3 Å². The molecule has 0 saturated carbocycles. The summed E-state index contributed by atoms with van der Waals surface area (Å²) >= 11 is 0. The van der Waals surface area contributed by atoms with Crippen LogP contribution < -0.4 is 11.1 Å². The molecule has 0 bridgehead atoms. The highest BCUT2D eigenvalue weighted by molar-refractivity contribution is 5.61. The highest BCUT2D eigenvalue weighted by atomic mass is 19.4. The molecule has 3 rings (SSSR count). The number of halogens is 6. The Kier molecular flexibility index (Phi) is 7.61. The van der Waals surface area contributed by atoms with E-state index in [1.807, 2.05) is 18.2 Å². The van der Waals surface area contributed by atoms with Crippen molar-refractivity contribution in [2.75, 3.05) is 19.6 Å². The number of allylic oxidation sites excluding steroid dienone is 3. The quantitative estimate of drug-likeness (QED) is 0.380. The number of nitrogens with two attached hydrogens (primary N) is 1. The predicted octanol–water partition coefficient (Wildman–Crippen LogP) is 4.87. The number of nitrogens with zero attached hydrogens (tertiary/aromatic N) is 1. The van der Waals surface area contributed by atoms with Gasteiger partial charge in [-0.3, -0.25) is 0 Å². The molecule has 10 heteroatoms. The van der Waals surface area contributed by atoms with Crippen LogP contribution in [0.2, 0.25) is 0 Å². The Morgan fingerprint density at radius 1 is 1.03 bits per heavy atom. The summed E-state index contributed by atoms with van der Waals surface area (Å²) in [5.41, 5.74) is 4.17. The maximum Gasteiger partial charge on any atom is 0.433 e. The molecule has 4 N–H and O–H groups in total. The van der Waals surface area contributed by atoms with Crippen molar-refractivity contribution in [3.8, 4) is 11.3 Å². The summed E-state index contributed by atoms with van der Waals surface area (Å²) in [4.78, 5) is 3.58. The third-order valence-corrected chi connectivity index (χ3v) is 5.29. The zero-order valence-electron chi connectivity index (χ0n) is 17.4. The molecule has 0 aliphatic heterocycles. The Hall–Kier alpha value is -2.69. The fourth-order valence-corrected chi connectivity index (χ4v) is 3.56. The molecule has 1 unspecified atom stereocenters. The first kappa shape index (κ1) is 24.9. The van der Waals surface area contributed by atoms with Crippen molar-refractivity contribution in [2.45, 2.75) is 24.9 Å². The van der Waals surface area contributed by atoms with E-state index in [0.717, 1.165) is 35.9 Å². The van der Waals surface area contributed by atoms with Gasteiger partial charge in [-0.15, -0.1) is 0 Å². The van der Waals surface area contributed by atoms with Crippen LogP contribution in [0.4, 0.5) is 26.3 Å². The summed E-state index contributed by atoms with van der Waals surface area (Å²) in [5, 5.41) is 13.9. The largest absolute Gasteiger partial charge is 0.433 e. The van der Waals surface area contributed by atoms with Gasteiger partial charge in [0, 0.05) is 31.1 Å². The molecule has 0 amide bonds. The zero-order chi connectivity index (χ0) is 24.2. The summed E-state index contributed by atoms with van der Waals surface area (Å²) in [5.74, 6) is -0.178. The summed E-state index contributed by atoms with van der Waals surface area (Å²) in [6, 6.07) is 5.73. The number of rotatable bonds is 8. The second kappa shape index (κ2) is 10.1. The van der Waals surface area contributed by atoms with Gasteiger partial charge < -0.3 is 16.2 Å². The average Bonchev–Trinajstić information content (AvgIpc) is 3.19. The summed E-state index contributed by atoms with van der Waals surface area (Å²) in [6.45, 7) is 1.59. The van der Waals surface area contributed by atoms with Gasteiger partial charge in [0.25, 0.3) is 0 Å². The number of hydrogen-bond acceptors (Lipinski definition) is 4. The lowest BCUT2D eigenvalue weighted by atomic mass is 9.92. The molecule has 4 nitrogen and oxygen atoms in total. The maximum atomic E-state index is 13.5. The normalized spacial score (nSPS) is 17.3. The summed E-state index contributed by atoms with van der Waals surface area (Å²) in [7, 11) is 0. The van der Waals surface area contributed by atoms with Gasteiger partial charge in [-0.05, 0) is 41.8 Å². The van der Waals surface area contributed by atoms with Crippen LogP contribution in [-0.2, 0) is 12.4 Å². The van der Waals surface area contributed by atoms with Gasteiger partial charge in [-0.25, -0.2) is 4.98 Å². The molecule has 0 radical (unpaired) electrons. The van der Waals surface area contributed by atoms with Crippen LogP contribution in [0.5, 0.6) is 0 Å². The average molecular weight is 471 g/mol. The SMILES string of the molecule is NCCNCC1=CC=CC1C[C@H](O)c1cc(-c2ccc(C(F)(F)F)cc2)nc(C(F)(F)F)c1. The third kappa shape index (κ3) is 6.43. The smallest absolute Gasteiger partial charge is 0.388 e. The molecule has 2 atom stereocenters. The van der Waals surface area contributed by atoms with Crippen molar-refractivity contribution in [3.05, 3.63) is 77.0 Å². The van der Waals surface area contributed by atoms with Crippen molar-refractivity contribution in [1.29, 1.82) is 0 Å². The number of benzene rings is 1. The van der Waals surface area contributed by atoms with Crippen molar-refractivity contribution < 1.29 is 31.4 Å². The number of aliphatic hydroxyl groups is 1. The summed E-state index contributed by atoms with van der Waals surface area (Å²) in [6.07, 6.45) is -4.92. The van der Waals surface area contributed by atoms with Crippen molar-refractivity contribution in [3.63, 3.8) is 0 Å². The first-order valence-electron chi connectivity index (χ1n) is 10.2. The van der Waals surface area contributed by atoms with Crippen LogP contribution in [0.3, 0.4) is 0 Å². The Bertz CT molecular complexity index is 1010. The molecule has 178 valence electrons. The minimum atomic E-state index is -4.79. The Balaban J connectivity index is 1.87. The lowest BCUT2D eigenvalue weighted by Crippen LogP contribution is -2.26. The topological polar surface area (TPSA) is 71.2 Å². The van der Waals surface area contributed by atoms with E-state index in [0.29, 0.717) is 19.6 Å². The van der Waals surface area contributed by atoms with Gasteiger partial charge in [0.05, 0.1) is 17.4 Å². The van der Waals surface area contributed by atoms with Crippen LogP contribution in [0.25, 0.3) is 11.3 Å². The molecule has 1 aromatic heterocycles. The molecular weight excluding hydrogens is 448 g/mol. The zero-order valence-corrected chi connectivity index (χ0v) is 17.4. The molecule has 2 aromatic rings. The Morgan fingerprint density at radius 2 is 1.73 bits per heavy atom. The minimum Gasteiger partial charge on any atom is -0.388 e. The van der Waals surface area contributed by atoms with Gasteiger partial charge in [0.15, 0.2) is 0 Å². The van der Waals surface area contributed by atoms with Gasteiger partial charge in [-0.1, -0.05) is 30.4 Å². The second-order valence-electron chi connectivity index (χ2n) is 7.69. The molecule has 1 aliphatic carbocycles. The molecule has 1 aliphatic rings. The fourth-order valence-electron chi connectivity index (χ4n) is 3.56. The van der Waals surface area contributed by atoms with E-state index in [-0.39, 0.29) is 29.2 Å². The third-order valence-electron chi connectivity index (χ3n) is 5.29. The fraction of sp³-hybridized carbons (Fsp3) is 0.348. The van der Waals surface area contributed by atoms with E-state index in [4.69, 9.17) is 5.73 Å². The monoisotopic (exact) mass is 471 g/mol. The van der Waals surface area contributed by atoms with E-state index >= 15 is 0 Å². The standard InChI is InChI=1S/C23H23F6N3O/c24-22(25,26)18-6-4-14(5-7-18)19-10-17(12-21(32-19)23(27,28)29)20(33)11-15-2-1-3-16(15)13-31-9-8-30/h1-7,10,12,15,20,31,33H,8-9,11,13,30H2/t15?,20-/m0/s1. The first-order chi connectivity index (χ1) is 15.5. The molecule has 0 saturated heterocycles. The van der Waals surface area contributed by atoms with E-state index < -0.39 is 29.7 Å². The number of hydrogen-bond donors (Lipinski definition) is 3. The number of pyridine rings is 1. The number of aliphatic hydroxyl groups excluding tert-OH is 1. The molecule has 1 aromatic carbocycles. The Morgan fingerprint density at radius 3 is 2.33 bits per heavy atom. The van der Waals surface area contributed by atoms with Gasteiger partial charge in [-0.2, -0.15) is 26.3 Å². The molecular formula is C23H23F6N3O. The van der Waals surface area contributed by atoms with Gasteiger partial charge in [0.2, 0.25) is 0 Å². The van der Waals surface area contributed by atoms with Gasteiger partial charge in [0.1, 0.15) is 5.69 Å². The minimum absolute atomic E-state index is 0.0122. The predicted molar refractivity (Wildman–Crippen MR) is 112 cm³/mol. The van der Waals surface area contributed by atoms with Crippen molar-refractivity contribution in [2.24, 2.45) is 11.7 Å². The number of alkyl halides is 6. The number of nitrogens with one attached hydrogen (secondary N) is 1. The van der Waals surface area contributed by atoms with Gasteiger partial charge >= 0.3 is 12.4 Å². The second-order valence-corrected chi connectivity index (χ2v) is 7.69. The van der Waals surface area contributed by atoms with E-state index in [1.165, 1.54) is 6.07 Å². The Labute approximate surface area is 186 Å². The van der Waals surface area contributed by atoms with Crippen molar-refractivity contribution >= 4 is 0 Å². The molecule has 0 spiro atoms. The lowest BCUT2D eigenvalue weighted by Gasteiger charge is -2.20. The van der Waals surface area contributed by atoms with Crippen LogP contribution in [0.15, 0.2) is 60.2 Å².